The fourth-order valence-corrected chi connectivity index (χ4v) is 4.93. The Morgan fingerprint density at radius 2 is 1.85 bits per heavy atom. The van der Waals surface area contributed by atoms with Gasteiger partial charge in [0.25, 0.3) is 0 Å². The molecule has 3 aromatic rings. The zero-order chi connectivity index (χ0) is 23.3. The van der Waals surface area contributed by atoms with Crippen molar-refractivity contribution in [1.82, 2.24) is 4.90 Å². The van der Waals surface area contributed by atoms with Gasteiger partial charge in [0.15, 0.2) is 0 Å². The summed E-state index contributed by atoms with van der Waals surface area (Å²) in [6, 6.07) is 22.9. The molecule has 5 heteroatoms. The van der Waals surface area contributed by atoms with Crippen LogP contribution in [0.5, 0.6) is 5.75 Å². The molecule has 176 valence electrons. The molecule has 5 nitrogen and oxygen atoms in total. The van der Waals surface area contributed by atoms with Gasteiger partial charge in [-0.3, -0.25) is 0 Å². The number of piperidine rings is 1. The molecule has 2 fully saturated rings. The van der Waals surface area contributed by atoms with Gasteiger partial charge in [0, 0.05) is 18.5 Å². The average molecular weight is 458 g/mol. The fourth-order valence-electron chi connectivity index (χ4n) is 4.93. The van der Waals surface area contributed by atoms with Crippen LogP contribution < -0.4 is 4.74 Å². The minimum absolute atomic E-state index is 0.243. The number of hydrogen-bond acceptors (Lipinski definition) is 5. The number of likely N-dealkylation sites (tertiary alicyclic amines) is 1. The number of cyclic esters (lactones) is 1. The maximum Gasteiger partial charge on any atom is 0.334 e. The molecule has 0 spiro atoms. The van der Waals surface area contributed by atoms with Gasteiger partial charge in [-0.2, -0.15) is 0 Å². The predicted octanol–water partition coefficient (Wildman–Crippen LogP) is 4.79. The minimum Gasteiger partial charge on any atom is -0.491 e. The molecule has 2 aliphatic heterocycles. The van der Waals surface area contributed by atoms with E-state index in [1.54, 1.807) is 0 Å². The first-order chi connectivity index (χ1) is 16.6. The van der Waals surface area contributed by atoms with Crippen LogP contribution >= 0.6 is 0 Å². The van der Waals surface area contributed by atoms with Gasteiger partial charge >= 0.3 is 5.97 Å². The van der Waals surface area contributed by atoms with Crippen LogP contribution in [0.15, 0.2) is 72.3 Å². The molecule has 0 aromatic heterocycles. The van der Waals surface area contributed by atoms with Crippen molar-refractivity contribution in [2.75, 3.05) is 32.8 Å². The molecule has 1 N–H and O–H groups in total. The number of fused-ring (bicyclic) bond motifs is 1. The average Bonchev–Trinajstić information content (AvgIpc) is 3.27. The van der Waals surface area contributed by atoms with Gasteiger partial charge in [0.05, 0.1) is 6.61 Å². The minimum atomic E-state index is -0.552. The molecule has 3 aromatic carbocycles. The summed E-state index contributed by atoms with van der Waals surface area (Å²) < 4.78 is 10.8. The molecule has 0 saturated carbocycles. The number of ether oxygens (including phenoxy) is 2. The van der Waals surface area contributed by atoms with Crippen molar-refractivity contribution in [2.24, 2.45) is 0 Å². The van der Waals surface area contributed by atoms with E-state index in [1.165, 1.54) is 16.3 Å². The van der Waals surface area contributed by atoms with E-state index >= 15 is 0 Å². The van der Waals surface area contributed by atoms with Gasteiger partial charge < -0.3 is 19.5 Å². The predicted molar refractivity (Wildman–Crippen MR) is 134 cm³/mol. The van der Waals surface area contributed by atoms with Crippen LogP contribution in [0, 0.1) is 0 Å². The highest BCUT2D eigenvalue weighted by Crippen LogP contribution is 2.30. The first kappa shape index (κ1) is 22.6. The third-order valence-corrected chi connectivity index (χ3v) is 6.81. The van der Waals surface area contributed by atoms with E-state index in [9.17, 15) is 9.90 Å². The largest absolute Gasteiger partial charge is 0.491 e. The first-order valence-corrected chi connectivity index (χ1v) is 12.1. The summed E-state index contributed by atoms with van der Waals surface area (Å²) >= 11 is 0. The molecular weight excluding hydrogens is 426 g/mol. The summed E-state index contributed by atoms with van der Waals surface area (Å²) in [6.07, 6.45) is 4.14. The van der Waals surface area contributed by atoms with Gasteiger partial charge in [-0.05, 0) is 72.0 Å². The Bertz CT molecular complexity index is 1180. The normalized spacial score (nSPS) is 19.4. The maximum absolute atomic E-state index is 11.7. The van der Waals surface area contributed by atoms with Crippen LogP contribution in [0.1, 0.15) is 36.3 Å². The molecule has 1 atom stereocenters. The second kappa shape index (κ2) is 10.4. The lowest BCUT2D eigenvalue weighted by Gasteiger charge is -2.33. The van der Waals surface area contributed by atoms with Crippen LogP contribution in [0.25, 0.3) is 16.8 Å². The molecule has 1 unspecified atom stereocenters. The van der Waals surface area contributed by atoms with Crippen molar-refractivity contribution < 1.29 is 19.4 Å². The lowest BCUT2D eigenvalue weighted by Crippen LogP contribution is -2.40. The standard InChI is InChI=1S/C29H31NO4/c31-27(20-34-28-7-3-4-21(17-28)16-26-12-15-33-29(26)32)19-30-13-10-23(11-14-30)25-9-8-22-5-1-2-6-24(22)18-25/h1-9,16-18,23,27,31H,10-15,19-20H2. The van der Waals surface area contributed by atoms with Crippen LogP contribution in [0.4, 0.5) is 0 Å². The lowest BCUT2D eigenvalue weighted by atomic mass is 9.88. The van der Waals surface area contributed by atoms with Crippen molar-refractivity contribution >= 4 is 22.8 Å². The Kier molecular flexibility index (Phi) is 6.93. The Balaban J connectivity index is 1.10. The number of benzene rings is 3. The van der Waals surface area contributed by atoms with Crippen molar-refractivity contribution in [3.8, 4) is 5.75 Å². The number of esters is 1. The van der Waals surface area contributed by atoms with Crippen molar-refractivity contribution in [1.29, 1.82) is 0 Å². The van der Waals surface area contributed by atoms with Crippen molar-refractivity contribution in [3.05, 3.63) is 83.4 Å². The van der Waals surface area contributed by atoms with Crippen LogP contribution in [-0.2, 0) is 9.53 Å². The number of rotatable bonds is 7. The third-order valence-electron chi connectivity index (χ3n) is 6.81. The van der Waals surface area contributed by atoms with E-state index in [-0.39, 0.29) is 12.6 Å². The number of carbonyl (C=O) groups excluding carboxylic acids is 1. The highest BCUT2D eigenvalue weighted by Gasteiger charge is 2.23. The molecule has 0 bridgehead atoms. The van der Waals surface area contributed by atoms with E-state index < -0.39 is 6.10 Å². The van der Waals surface area contributed by atoms with E-state index in [0.29, 0.717) is 36.8 Å². The Labute approximate surface area is 200 Å². The molecule has 2 saturated heterocycles. The number of carbonyl (C=O) groups is 1. The van der Waals surface area contributed by atoms with Crippen LogP contribution in [0.3, 0.4) is 0 Å². The Hall–Kier alpha value is -3.15. The topological polar surface area (TPSA) is 59.0 Å². The van der Waals surface area contributed by atoms with E-state index in [4.69, 9.17) is 9.47 Å². The SMILES string of the molecule is O=C1OCCC1=Cc1cccc(OCC(O)CN2CCC(c3ccc4ccccc4c3)CC2)c1. The van der Waals surface area contributed by atoms with Crippen LogP contribution in [-0.4, -0.2) is 54.9 Å². The molecule has 0 radical (unpaired) electrons. The first-order valence-electron chi connectivity index (χ1n) is 12.1. The Morgan fingerprint density at radius 3 is 2.65 bits per heavy atom. The number of hydrogen-bond donors (Lipinski definition) is 1. The number of nitrogens with zero attached hydrogens (tertiary/aromatic N) is 1. The molecule has 0 aliphatic carbocycles. The molecule has 2 aliphatic rings. The lowest BCUT2D eigenvalue weighted by molar-refractivity contribution is -0.134. The summed E-state index contributed by atoms with van der Waals surface area (Å²) in [6.45, 7) is 3.26. The smallest absolute Gasteiger partial charge is 0.334 e. The van der Waals surface area contributed by atoms with Gasteiger partial charge in [-0.15, -0.1) is 0 Å². The monoisotopic (exact) mass is 457 g/mol. The zero-order valence-corrected chi connectivity index (χ0v) is 19.4. The number of β-amino-alcohol motifs (C(OH)–C–C–N with tert-alkyl or cyclic N) is 1. The van der Waals surface area contributed by atoms with E-state index in [2.05, 4.69) is 47.4 Å². The summed E-state index contributed by atoms with van der Waals surface area (Å²) in [5.41, 5.74) is 3.00. The Morgan fingerprint density at radius 1 is 1.03 bits per heavy atom. The van der Waals surface area contributed by atoms with Crippen molar-refractivity contribution in [3.63, 3.8) is 0 Å². The zero-order valence-electron chi connectivity index (χ0n) is 19.4. The molecule has 5 rings (SSSR count). The number of aliphatic hydroxyl groups excluding tert-OH is 1. The van der Waals surface area contributed by atoms with Crippen LogP contribution in [0.2, 0.25) is 0 Å². The summed E-state index contributed by atoms with van der Waals surface area (Å²) in [5, 5.41) is 13.1. The summed E-state index contributed by atoms with van der Waals surface area (Å²) in [5.74, 6) is 1.02. The molecule has 0 amide bonds. The molecule has 2 heterocycles. The quantitative estimate of drug-likeness (QED) is 0.408. The summed E-state index contributed by atoms with van der Waals surface area (Å²) in [4.78, 5) is 14.0. The molecule has 34 heavy (non-hydrogen) atoms. The third kappa shape index (κ3) is 5.49. The second-order valence-corrected chi connectivity index (χ2v) is 9.27. The van der Waals surface area contributed by atoms with Crippen molar-refractivity contribution in [2.45, 2.75) is 31.3 Å². The molecular formula is C29H31NO4. The van der Waals surface area contributed by atoms with Gasteiger partial charge in [-0.1, -0.05) is 54.6 Å². The highest BCUT2D eigenvalue weighted by molar-refractivity contribution is 5.95. The highest BCUT2D eigenvalue weighted by atomic mass is 16.5. The van der Waals surface area contributed by atoms with E-state index in [0.717, 1.165) is 31.5 Å². The van der Waals surface area contributed by atoms with E-state index in [1.807, 2.05) is 30.3 Å². The fraction of sp³-hybridized carbons (Fsp3) is 0.345. The number of aliphatic hydroxyl groups is 1. The summed E-state index contributed by atoms with van der Waals surface area (Å²) in [7, 11) is 0. The maximum atomic E-state index is 11.7. The second-order valence-electron chi connectivity index (χ2n) is 9.27. The van der Waals surface area contributed by atoms with Gasteiger partial charge in [0.2, 0.25) is 0 Å². The van der Waals surface area contributed by atoms with Gasteiger partial charge in [0.1, 0.15) is 18.5 Å². The van der Waals surface area contributed by atoms with Gasteiger partial charge in [-0.25, -0.2) is 4.79 Å².